The van der Waals surface area contributed by atoms with E-state index in [9.17, 15) is 4.79 Å². The molecule has 0 aliphatic heterocycles. The summed E-state index contributed by atoms with van der Waals surface area (Å²) in [5.74, 6) is 0.000445. The van der Waals surface area contributed by atoms with E-state index in [1.807, 2.05) is 34.6 Å². The van der Waals surface area contributed by atoms with Crippen LogP contribution in [0.25, 0.3) is 0 Å². The van der Waals surface area contributed by atoms with Gasteiger partial charge in [0, 0.05) is 6.54 Å². The molecule has 2 N–H and O–H groups in total. The van der Waals surface area contributed by atoms with Crippen LogP contribution in [0.2, 0.25) is 0 Å². The number of hydrogen-bond donors (Lipinski definition) is 1. The molecule has 1 rings (SSSR count). The van der Waals surface area contributed by atoms with Gasteiger partial charge in [0.2, 0.25) is 0 Å². The molecule has 0 bridgehead atoms. The number of nitrogens with zero attached hydrogens (tertiary/aromatic N) is 2. The third kappa shape index (κ3) is 3.94. The van der Waals surface area contributed by atoms with E-state index in [0.717, 1.165) is 17.3 Å². The SMILES string of the molecule is CCn1nc(C)c(N)c1SCC(=O)OC(C)(C)C. The van der Waals surface area contributed by atoms with Gasteiger partial charge in [-0.25, -0.2) is 0 Å². The highest BCUT2D eigenvalue weighted by atomic mass is 32.2. The Morgan fingerprint density at radius 2 is 2.11 bits per heavy atom. The van der Waals surface area contributed by atoms with Crippen LogP contribution >= 0.6 is 11.8 Å². The van der Waals surface area contributed by atoms with Crippen LogP contribution in [0.4, 0.5) is 5.69 Å². The number of carbonyl (C=O) groups is 1. The lowest BCUT2D eigenvalue weighted by Gasteiger charge is -2.19. The van der Waals surface area contributed by atoms with Gasteiger partial charge in [-0.05, 0) is 34.6 Å². The number of anilines is 1. The van der Waals surface area contributed by atoms with Crippen molar-refractivity contribution in [2.45, 2.75) is 51.8 Å². The molecule has 1 heterocycles. The summed E-state index contributed by atoms with van der Waals surface area (Å²) in [6, 6.07) is 0. The number of rotatable bonds is 4. The van der Waals surface area contributed by atoms with Gasteiger partial charge >= 0.3 is 5.97 Å². The third-order valence-corrected chi connectivity index (χ3v) is 3.26. The largest absolute Gasteiger partial charge is 0.459 e. The second-order valence-electron chi connectivity index (χ2n) is 5.00. The van der Waals surface area contributed by atoms with E-state index in [1.165, 1.54) is 11.8 Å². The van der Waals surface area contributed by atoms with Gasteiger partial charge in [0.25, 0.3) is 0 Å². The van der Waals surface area contributed by atoms with Crippen molar-refractivity contribution >= 4 is 23.4 Å². The molecule has 0 spiro atoms. The summed E-state index contributed by atoms with van der Waals surface area (Å²) < 4.78 is 7.05. The Labute approximate surface area is 112 Å². The first-order chi connectivity index (χ1) is 8.24. The van der Waals surface area contributed by atoms with Crippen LogP contribution in [-0.4, -0.2) is 27.1 Å². The lowest BCUT2D eigenvalue weighted by Crippen LogP contribution is -2.25. The van der Waals surface area contributed by atoms with E-state index in [-0.39, 0.29) is 11.7 Å². The van der Waals surface area contributed by atoms with E-state index in [4.69, 9.17) is 10.5 Å². The molecule has 0 aromatic carbocycles. The fourth-order valence-corrected chi connectivity index (χ4v) is 2.37. The fraction of sp³-hybridized carbons (Fsp3) is 0.667. The highest BCUT2D eigenvalue weighted by molar-refractivity contribution is 8.00. The number of nitrogen functional groups attached to an aromatic ring is 1. The van der Waals surface area contributed by atoms with Gasteiger partial charge in [0.15, 0.2) is 0 Å². The molecular weight excluding hydrogens is 250 g/mol. The predicted octanol–water partition coefficient (Wildman–Crippen LogP) is 2.23. The number of hydrogen-bond acceptors (Lipinski definition) is 5. The average Bonchev–Trinajstić information content (AvgIpc) is 2.50. The molecule has 0 amide bonds. The molecule has 0 unspecified atom stereocenters. The topological polar surface area (TPSA) is 70.1 Å². The Hall–Kier alpha value is -1.17. The molecule has 0 aliphatic rings. The second-order valence-corrected chi connectivity index (χ2v) is 5.96. The van der Waals surface area contributed by atoms with Gasteiger partial charge in [-0.3, -0.25) is 9.48 Å². The van der Waals surface area contributed by atoms with Crippen molar-refractivity contribution in [1.29, 1.82) is 0 Å². The first-order valence-corrected chi connectivity index (χ1v) is 6.90. The molecule has 102 valence electrons. The summed E-state index contributed by atoms with van der Waals surface area (Å²) in [6.07, 6.45) is 0. The van der Waals surface area contributed by atoms with Crippen LogP contribution in [0.15, 0.2) is 5.03 Å². The first-order valence-electron chi connectivity index (χ1n) is 5.92. The maximum Gasteiger partial charge on any atom is 0.316 e. The third-order valence-electron chi connectivity index (χ3n) is 2.17. The Morgan fingerprint density at radius 1 is 1.50 bits per heavy atom. The molecule has 0 radical (unpaired) electrons. The minimum atomic E-state index is -0.454. The van der Waals surface area contributed by atoms with Gasteiger partial charge in [0.1, 0.15) is 10.6 Å². The normalized spacial score (nSPS) is 11.6. The number of aromatic nitrogens is 2. The molecule has 5 nitrogen and oxygen atoms in total. The number of aryl methyl sites for hydroxylation is 2. The zero-order valence-electron chi connectivity index (χ0n) is 11.6. The van der Waals surface area contributed by atoms with Gasteiger partial charge < -0.3 is 10.5 Å². The van der Waals surface area contributed by atoms with Crippen LogP contribution in [0.1, 0.15) is 33.4 Å². The van der Waals surface area contributed by atoms with Crippen LogP contribution in [0.5, 0.6) is 0 Å². The van der Waals surface area contributed by atoms with E-state index in [1.54, 1.807) is 4.68 Å². The summed E-state index contributed by atoms with van der Waals surface area (Å²) in [7, 11) is 0. The molecule has 18 heavy (non-hydrogen) atoms. The van der Waals surface area contributed by atoms with Crippen LogP contribution in [0, 0.1) is 6.92 Å². The first kappa shape index (κ1) is 14.9. The summed E-state index contributed by atoms with van der Waals surface area (Å²) in [5.41, 5.74) is 6.92. The molecule has 0 saturated carbocycles. The Balaban J connectivity index is 2.66. The number of carbonyl (C=O) groups excluding carboxylic acids is 1. The Morgan fingerprint density at radius 3 is 2.61 bits per heavy atom. The van der Waals surface area contributed by atoms with Crippen molar-refractivity contribution in [2.24, 2.45) is 0 Å². The zero-order chi connectivity index (χ0) is 13.9. The summed E-state index contributed by atoms with van der Waals surface area (Å²) in [5, 5.41) is 5.13. The monoisotopic (exact) mass is 271 g/mol. The molecular formula is C12H21N3O2S. The van der Waals surface area contributed by atoms with Crippen molar-refractivity contribution in [2.75, 3.05) is 11.5 Å². The number of ether oxygens (including phenoxy) is 1. The number of esters is 1. The molecule has 0 atom stereocenters. The highest BCUT2D eigenvalue weighted by Crippen LogP contribution is 2.28. The van der Waals surface area contributed by atoms with Crippen LogP contribution in [0.3, 0.4) is 0 Å². The van der Waals surface area contributed by atoms with E-state index in [2.05, 4.69) is 5.10 Å². The molecule has 6 heteroatoms. The summed E-state index contributed by atoms with van der Waals surface area (Å²) in [6.45, 7) is 10.1. The maximum absolute atomic E-state index is 11.6. The molecule has 1 aromatic rings. The maximum atomic E-state index is 11.6. The lowest BCUT2D eigenvalue weighted by atomic mass is 10.2. The van der Waals surface area contributed by atoms with Crippen LogP contribution in [-0.2, 0) is 16.1 Å². The van der Waals surface area contributed by atoms with Gasteiger partial charge in [-0.2, -0.15) is 5.10 Å². The minimum Gasteiger partial charge on any atom is -0.459 e. The van der Waals surface area contributed by atoms with E-state index >= 15 is 0 Å². The minimum absolute atomic E-state index is 0.242. The average molecular weight is 271 g/mol. The van der Waals surface area contributed by atoms with E-state index in [0.29, 0.717) is 5.69 Å². The second kappa shape index (κ2) is 5.65. The van der Waals surface area contributed by atoms with Gasteiger partial charge in [-0.15, -0.1) is 0 Å². The standard InChI is InChI=1S/C12H21N3O2S/c1-6-15-11(10(13)8(2)14-15)18-7-9(16)17-12(3,4)5/h6-7,13H2,1-5H3. The Bertz CT molecular complexity index is 435. The molecule has 1 aromatic heterocycles. The highest BCUT2D eigenvalue weighted by Gasteiger charge is 2.18. The number of thioether (sulfide) groups is 1. The van der Waals surface area contributed by atoms with Crippen molar-refractivity contribution in [3.8, 4) is 0 Å². The van der Waals surface area contributed by atoms with Crippen molar-refractivity contribution < 1.29 is 9.53 Å². The number of nitrogens with two attached hydrogens (primary N) is 1. The smallest absolute Gasteiger partial charge is 0.316 e. The lowest BCUT2D eigenvalue weighted by molar-refractivity contribution is -0.151. The Kier molecular flexibility index (Phi) is 4.67. The fourth-order valence-electron chi connectivity index (χ4n) is 1.44. The van der Waals surface area contributed by atoms with Crippen molar-refractivity contribution in [1.82, 2.24) is 9.78 Å². The molecule has 0 saturated heterocycles. The van der Waals surface area contributed by atoms with Crippen molar-refractivity contribution in [3.63, 3.8) is 0 Å². The zero-order valence-corrected chi connectivity index (χ0v) is 12.4. The van der Waals surface area contributed by atoms with E-state index < -0.39 is 5.60 Å². The predicted molar refractivity (Wildman–Crippen MR) is 73.6 cm³/mol. The molecule has 0 aliphatic carbocycles. The summed E-state index contributed by atoms with van der Waals surface area (Å²) >= 11 is 1.37. The quantitative estimate of drug-likeness (QED) is 0.671. The van der Waals surface area contributed by atoms with Crippen molar-refractivity contribution in [3.05, 3.63) is 5.69 Å². The van der Waals surface area contributed by atoms with Gasteiger partial charge in [0.05, 0.1) is 17.1 Å². The van der Waals surface area contributed by atoms with Gasteiger partial charge in [-0.1, -0.05) is 11.8 Å². The van der Waals surface area contributed by atoms with Crippen LogP contribution < -0.4 is 5.73 Å². The molecule has 0 fully saturated rings. The summed E-state index contributed by atoms with van der Waals surface area (Å²) in [4.78, 5) is 11.6.